The molecule has 0 heterocycles. The smallest absolute Gasteiger partial charge is 0.0186 e. The zero-order valence-corrected chi connectivity index (χ0v) is 13.1. The van der Waals surface area contributed by atoms with Crippen LogP contribution in [-0.2, 0) is 0 Å². The molecule has 0 fully saturated rings. The molecule has 2 N–H and O–H groups in total. The van der Waals surface area contributed by atoms with E-state index in [9.17, 15) is 0 Å². The third-order valence-electron chi connectivity index (χ3n) is 2.87. The van der Waals surface area contributed by atoms with Crippen LogP contribution in [0, 0.1) is 5.41 Å². The first-order valence-electron chi connectivity index (χ1n) is 6.12. The Morgan fingerprint density at radius 3 is 2.71 bits per heavy atom. The zero-order valence-electron chi connectivity index (χ0n) is 10.7. The first-order chi connectivity index (χ1) is 8.03. The maximum absolute atomic E-state index is 5.72. The van der Waals surface area contributed by atoms with Crippen molar-refractivity contribution in [1.29, 1.82) is 0 Å². The van der Waals surface area contributed by atoms with Gasteiger partial charge < -0.3 is 5.73 Å². The van der Waals surface area contributed by atoms with Crippen molar-refractivity contribution in [2.75, 3.05) is 12.3 Å². The molecule has 0 spiro atoms. The highest BCUT2D eigenvalue weighted by molar-refractivity contribution is 9.10. The van der Waals surface area contributed by atoms with E-state index in [0.717, 1.165) is 11.0 Å². The Labute approximate surface area is 118 Å². The lowest BCUT2D eigenvalue weighted by Crippen LogP contribution is -2.23. The summed E-state index contributed by atoms with van der Waals surface area (Å²) in [6, 6.07) is 8.49. The van der Waals surface area contributed by atoms with Crippen molar-refractivity contribution in [3.8, 4) is 0 Å². The van der Waals surface area contributed by atoms with Gasteiger partial charge in [-0.3, -0.25) is 0 Å². The molecular formula is C14H22BrNS. The molecule has 17 heavy (non-hydrogen) atoms. The Morgan fingerprint density at radius 2 is 2.06 bits per heavy atom. The molecule has 0 amide bonds. The number of hydrogen-bond donors (Lipinski definition) is 1. The summed E-state index contributed by atoms with van der Waals surface area (Å²) in [7, 11) is 0. The third-order valence-corrected chi connectivity index (χ3v) is 4.44. The quantitative estimate of drug-likeness (QED) is 0.583. The summed E-state index contributed by atoms with van der Waals surface area (Å²) in [5, 5.41) is 0. The predicted octanol–water partition coefficient (Wildman–Crippen LogP) is 4.70. The third kappa shape index (κ3) is 6.49. The van der Waals surface area contributed by atoms with Gasteiger partial charge in [-0.25, -0.2) is 0 Å². The van der Waals surface area contributed by atoms with Crippen molar-refractivity contribution in [2.24, 2.45) is 11.1 Å². The van der Waals surface area contributed by atoms with Crippen LogP contribution < -0.4 is 5.73 Å². The van der Waals surface area contributed by atoms with Gasteiger partial charge in [0.1, 0.15) is 0 Å². The van der Waals surface area contributed by atoms with Crippen LogP contribution in [0.25, 0.3) is 0 Å². The van der Waals surface area contributed by atoms with E-state index < -0.39 is 0 Å². The highest BCUT2D eigenvalue weighted by Gasteiger charge is 2.14. The van der Waals surface area contributed by atoms with Crippen LogP contribution in [0.1, 0.15) is 33.1 Å². The van der Waals surface area contributed by atoms with Gasteiger partial charge in [-0.2, -0.15) is 0 Å². The molecule has 0 aliphatic carbocycles. The van der Waals surface area contributed by atoms with Crippen molar-refractivity contribution in [3.05, 3.63) is 28.7 Å². The second-order valence-corrected chi connectivity index (χ2v) is 7.22. The fourth-order valence-electron chi connectivity index (χ4n) is 1.55. The highest BCUT2D eigenvalue weighted by Crippen LogP contribution is 2.25. The minimum Gasteiger partial charge on any atom is -0.330 e. The first kappa shape index (κ1) is 15.1. The normalized spacial score (nSPS) is 11.8. The lowest BCUT2D eigenvalue weighted by Gasteiger charge is -2.21. The minimum absolute atomic E-state index is 0.306. The number of rotatable bonds is 7. The lowest BCUT2D eigenvalue weighted by atomic mass is 9.88. The average Bonchev–Trinajstić information content (AvgIpc) is 2.29. The van der Waals surface area contributed by atoms with Crippen LogP contribution in [0.2, 0.25) is 0 Å². The SMILES string of the molecule is CC(C)(CN)CCCCSc1cccc(Br)c1. The van der Waals surface area contributed by atoms with E-state index >= 15 is 0 Å². The molecule has 1 aromatic rings. The molecule has 0 atom stereocenters. The summed E-state index contributed by atoms with van der Waals surface area (Å²) in [5.74, 6) is 1.19. The lowest BCUT2D eigenvalue weighted by molar-refractivity contribution is 0.336. The van der Waals surface area contributed by atoms with E-state index in [2.05, 4.69) is 54.0 Å². The van der Waals surface area contributed by atoms with Crippen molar-refractivity contribution in [3.63, 3.8) is 0 Å². The predicted molar refractivity (Wildman–Crippen MR) is 81.6 cm³/mol. The Bertz CT molecular complexity index is 339. The maximum Gasteiger partial charge on any atom is 0.0186 e. The summed E-state index contributed by atoms with van der Waals surface area (Å²) in [4.78, 5) is 1.34. The number of thioether (sulfide) groups is 1. The molecule has 1 aromatic carbocycles. The van der Waals surface area contributed by atoms with Crippen LogP contribution in [-0.4, -0.2) is 12.3 Å². The Balaban J connectivity index is 2.17. The van der Waals surface area contributed by atoms with E-state index in [0.29, 0.717) is 5.41 Å². The minimum atomic E-state index is 0.306. The summed E-state index contributed by atoms with van der Waals surface area (Å²) in [5.41, 5.74) is 6.02. The van der Waals surface area contributed by atoms with Gasteiger partial charge in [-0.05, 0) is 48.8 Å². The standard InChI is InChI=1S/C14H22BrNS/c1-14(2,11-16)8-3-4-9-17-13-7-5-6-12(15)10-13/h5-7,10H,3-4,8-9,11,16H2,1-2H3. The van der Waals surface area contributed by atoms with Crippen LogP contribution in [0.3, 0.4) is 0 Å². The number of unbranched alkanes of at least 4 members (excludes halogenated alkanes) is 1. The Hall–Kier alpha value is 0.01000. The second-order valence-electron chi connectivity index (χ2n) is 5.13. The average molecular weight is 316 g/mol. The molecule has 96 valence electrons. The van der Waals surface area contributed by atoms with Gasteiger partial charge in [0.2, 0.25) is 0 Å². The van der Waals surface area contributed by atoms with Gasteiger partial charge in [0.05, 0.1) is 0 Å². The van der Waals surface area contributed by atoms with Crippen molar-refractivity contribution in [1.82, 2.24) is 0 Å². The summed E-state index contributed by atoms with van der Waals surface area (Å²) in [6.45, 7) is 5.27. The molecule has 0 aliphatic rings. The zero-order chi connectivity index (χ0) is 12.7. The molecule has 0 aromatic heterocycles. The van der Waals surface area contributed by atoms with Crippen molar-refractivity contribution < 1.29 is 0 Å². The summed E-state index contributed by atoms with van der Waals surface area (Å²) in [6.07, 6.45) is 3.76. The second kappa shape index (κ2) is 7.45. The van der Waals surface area contributed by atoms with E-state index in [1.54, 1.807) is 0 Å². The van der Waals surface area contributed by atoms with E-state index in [4.69, 9.17) is 5.73 Å². The van der Waals surface area contributed by atoms with E-state index in [-0.39, 0.29) is 0 Å². The van der Waals surface area contributed by atoms with Gasteiger partial charge in [0.15, 0.2) is 0 Å². The maximum atomic E-state index is 5.72. The van der Waals surface area contributed by atoms with E-state index in [1.165, 1.54) is 29.9 Å². The Kier molecular flexibility index (Phi) is 6.60. The van der Waals surface area contributed by atoms with Crippen molar-refractivity contribution >= 4 is 27.7 Å². The first-order valence-corrected chi connectivity index (χ1v) is 7.90. The van der Waals surface area contributed by atoms with Crippen LogP contribution >= 0.6 is 27.7 Å². The van der Waals surface area contributed by atoms with Crippen LogP contribution in [0.5, 0.6) is 0 Å². The fourth-order valence-corrected chi connectivity index (χ4v) is 3.07. The van der Waals surface area contributed by atoms with Gasteiger partial charge in [-0.1, -0.05) is 42.3 Å². The largest absolute Gasteiger partial charge is 0.330 e. The molecule has 0 unspecified atom stereocenters. The molecule has 3 heteroatoms. The number of nitrogens with two attached hydrogens (primary N) is 1. The number of hydrogen-bond acceptors (Lipinski definition) is 2. The fraction of sp³-hybridized carbons (Fsp3) is 0.571. The summed E-state index contributed by atoms with van der Waals surface area (Å²) >= 11 is 5.42. The molecular weight excluding hydrogens is 294 g/mol. The molecule has 1 rings (SSSR count). The number of benzene rings is 1. The van der Waals surface area contributed by atoms with Crippen LogP contribution in [0.15, 0.2) is 33.6 Å². The molecule has 0 saturated heterocycles. The van der Waals surface area contributed by atoms with Crippen molar-refractivity contribution in [2.45, 2.75) is 38.0 Å². The van der Waals surface area contributed by atoms with E-state index in [1.807, 2.05) is 11.8 Å². The molecule has 1 nitrogen and oxygen atoms in total. The molecule has 0 aliphatic heterocycles. The van der Waals surface area contributed by atoms with Gasteiger partial charge >= 0.3 is 0 Å². The molecule has 0 saturated carbocycles. The monoisotopic (exact) mass is 315 g/mol. The van der Waals surface area contributed by atoms with Gasteiger partial charge in [0, 0.05) is 9.37 Å². The van der Waals surface area contributed by atoms with Gasteiger partial charge in [-0.15, -0.1) is 11.8 Å². The summed E-state index contributed by atoms with van der Waals surface area (Å²) < 4.78 is 1.16. The molecule has 0 bridgehead atoms. The molecule has 0 radical (unpaired) electrons. The van der Waals surface area contributed by atoms with Crippen LogP contribution in [0.4, 0.5) is 0 Å². The number of halogens is 1. The van der Waals surface area contributed by atoms with Gasteiger partial charge in [0.25, 0.3) is 0 Å². The highest BCUT2D eigenvalue weighted by atomic mass is 79.9. The Morgan fingerprint density at radius 1 is 1.29 bits per heavy atom. The topological polar surface area (TPSA) is 26.0 Å².